The molecule has 0 unspecified atom stereocenters. The Morgan fingerprint density at radius 3 is 2.71 bits per heavy atom. The number of carboxylic acid groups (broad SMARTS) is 1. The fourth-order valence-electron chi connectivity index (χ4n) is 2.78. The van der Waals surface area contributed by atoms with E-state index in [1.54, 1.807) is 19.2 Å². The van der Waals surface area contributed by atoms with Crippen LogP contribution in [-0.2, 0) is 19.6 Å². The highest BCUT2D eigenvalue weighted by Gasteiger charge is 2.21. The van der Waals surface area contributed by atoms with Gasteiger partial charge >= 0.3 is 5.97 Å². The predicted molar refractivity (Wildman–Crippen MR) is 79.3 cm³/mol. The molecule has 21 heavy (non-hydrogen) atoms. The van der Waals surface area contributed by atoms with Gasteiger partial charge in [-0.2, -0.15) is 0 Å². The van der Waals surface area contributed by atoms with Crippen molar-refractivity contribution in [3.05, 3.63) is 64.7 Å². The summed E-state index contributed by atoms with van der Waals surface area (Å²) in [5.41, 5.74) is 3.80. The lowest BCUT2D eigenvalue weighted by Crippen LogP contribution is -2.16. The van der Waals surface area contributed by atoms with E-state index in [-0.39, 0.29) is 0 Å². The third kappa shape index (κ3) is 2.76. The molecule has 0 aliphatic carbocycles. The van der Waals surface area contributed by atoms with E-state index >= 15 is 0 Å². The molecule has 0 spiro atoms. The molecule has 0 saturated carbocycles. The average molecular weight is 283 g/mol. The summed E-state index contributed by atoms with van der Waals surface area (Å²) in [6, 6.07) is 13.4. The second-order valence-corrected chi connectivity index (χ2v) is 5.25. The number of carboxylic acids is 1. The fourth-order valence-corrected chi connectivity index (χ4v) is 2.78. The Labute approximate surface area is 123 Å². The quantitative estimate of drug-likeness (QED) is 0.937. The first kappa shape index (κ1) is 13.6. The van der Waals surface area contributed by atoms with Gasteiger partial charge in [-0.25, -0.2) is 4.79 Å². The minimum atomic E-state index is -0.874. The molecule has 0 amide bonds. The molecular weight excluding hydrogens is 266 g/mol. The van der Waals surface area contributed by atoms with Crippen LogP contribution >= 0.6 is 0 Å². The second kappa shape index (κ2) is 5.58. The highest BCUT2D eigenvalue weighted by atomic mass is 16.5. The van der Waals surface area contributed by atoms with Crippen LogP contribution in [0.1, 0.15) is 27.0 Å². The maximum atomic E-state index is 11.0. The third-order valence-electron chi connectivity index (χ3n) is 3.83. The van der Waals surface area contributed by atoms with Gasteiger partial charge in [-0.15, -0.1) is 0 Å². The molecule has 2 aromatic carbocycles. The largest absolute Gasteiger partial charge is 0.496 e. The summed E-state index contributed by atoms with van der Waals surface area (Å²) >= 11 is 0. The normalized spacial score (nSPS) is 14.0. The van der Waals surface area contributed by atoms with Gasteiger partial charge in [0.15, 0.2) is 0 Å². The number of hydrogen-bond acceptors (Lipinski definition) is 3. The van der Waals surface area contributed by atoms with Gasteiger partial charge in [0.2, 0.25) is 0 Å². The first-order chi connectivity index (χ1) is 10.2. The van der Waals surface area contributed by atoms with E-state index in [2.05, 4.69) is 11.0 Å². The fraction of sp³-hybridized carbons (Fsp3) is 0.235. The number of aromatic carboxylic acids is 1. The van der Waals surface area contributed by atoms with E-state index in [0.29, 0.717) is 5.56 Å². The first-order valence-electron chi connectivity index (χ1n) is 6.86. The summed E-state index contributed by atoms with van der Waals surface area (Å²) in [5, 5.41) is 9.06. The monoisotopic (exact) mass is 283 g/mol. The summed E-state index contributed by atoms with van der Waals surface area (Å²) in [7, 11) is 1.68. The Balaban J connectivity index is 1.77. The average Bonchev–Trinajstić information content (AvgIpc) is 2.89. The molecular formula is C17H17NO3. The SMILES string of the molecule is COc1ccccc1CN1Cc2ccc(C(=O)O)cc2C1. The number of nitrogens with zero attached hydrogens (tertiary/aromatic N) is 1. The van der Waals surface area contributed by atoms with Gasteiger partial charge in [0, 0.05) is 25.2 Å². The second-order valence-electron chi connectivity index (χ2n) is 5.25. The maximum Gasteiger partial charge on any atom is 0.335 e. The Bertz CT molecular complexity index is 681. The van der Waals surface area contributed by atoms with Crippen LogP contribution in [0.4, 0.5) is 0 Å². The van der Waals surface area contributed by atoms with Gasteiger partial charge in [0.1, 0.15) is 5.75 Å². The highest BCUT2D eigenvalue weighted by molar-refractivity contribution is 5.87. The molecule has 4 nitrogen and oxygen atoms in total. The van der Waals surface area contributed by atoms with Crippen LogP contribution in [0.2, 0.25) is 0 Å². The van der Waals surface area contributed by atoms with Crippen LogP contribution in [-0.4, -0.2) is 23.1 Å². The molecule has 3 rings (SSSR count). The zero-order chi connectivity index (χ0) is 14.8. The minimum Gasteiger partial charge on any atom is -0.496 e. The minimum absolute atomic E-state index is 0.355. The van der Waals surface area contributed by atoms with Gasteiger partial charge in [-0.1, -0.05) is 24.3 Å². The topological polar surface area (TPSA) is 49.8 Å². The molecule has 0 bridgehead atoms. The van der Waals surface area contributed by atoms with Crippen molar-refractivity contribution in [3.63, 3.8) is 0 Å². The lowest BCUT2D eigenvalue weighted by atomic mass is 10.1. The van der Waals surface area contributed by atoms with Crippen LogP contribution in [0.25, 0.3) is 0 Å². The van der Waals surface area contributed by atoms with Crippen molar-refractivity contribution in [2.45, 2.75) is 19.6 Å². The van der Waals surface area contributed by atoms with Gasteiger partial charge in [0.25, 0.3) is 0 Å². The molecule has 0 saturated heterocycles. The van der Waals surface area contributed by atoms with Crippen LogP contribution in [0, 0.1) is 0 Å². The standard InChI is InChI=1S/C17H17NO3/c1-21-16-5-3-2-4-14(16)10-18-9-13-7-6-12(17(19)20)8-15(13)11-18/h2-8H,9-11H2,1H3,(H,19,20). The molecule has 1 aliphatic heterocycles. The Hall–Kier alpha value is -2.33. The Kier molecular flexibility index (Phi) is 3.62. The summed E-state index contributed by atoms with van der Waals surface area (Å²) in [6.45, 7) is 2.41. The number of fused-ring (bicyclic) bond motifs is 1. The number of ether oxygens (including phenoxy) is 1. The Morgan fingerprint density at radius 2 is 1.95 bits per heavy atom. The van der Waals surface area contributed by atoms with E-state index in [4.69, 9.17) is 9.84 Å². The van der Waals surface area contributed by atoms with Gasteiger partial charge in [-0.05, 0) is 29.3 Å². The third-order valence-corrected chi connectivity index (χ3v) is 3.83. The van der Waals surface area contributed by atoms with E-state index in [9.17, 15) is 4.79 Å². The van der Waals surface area contributed by atoms with Crippen molar-refractivity contribution < 1.29 is 14.6 Å². The van der Waals surface area contributed by atoms with Crippen molar-refractivity contribution in [2.24, 2.45) is 0 Å². The maximum absolute atomic E-state index is 11.0. The first-order valence-corrected chi connectivity index (χ1v) is 6.86. The number of rotatable bonds is 4. The molecule has 0 radical (unpaired) electrons. The van der Waals surface area contributed by atoms with Crippen LogP contribution in [0.5, 0.6) is 5.75 Å². The summed E-state index contributed by atoms with van der Waals surface area (Å²) in [5.74, 6) is 0.0145. The van der Waals surface area contributed by atoms with Crippen molar-refractivity contribution in [1.29, 1.82) is 0 Å². The number of para-hydroxylation sites is 1. The van der Waals surface area contributed by atoms with E-state index in [1.165, 1.54) is 5.56 Å². The molecule has 4 heteroatoms. The van der Waals surface area contributed by atoms with Crippen molar-refractivity contribution in [1.82, 2.24) is 4.90 Å². The lowest BCUT2D eigenvalue weighted by Gasteiger charge is -2.16. The Morgan fingerprint density at radius 1 is 1.19 bits per heavy atom. The van der Waals surface area contributed by atoms with Crippen LogP contribution in [0.15, 0.2) is 42.5 Å². The van der Waals surface area contributed by atoms with Gasteiger partial charge < -0.3 is 9.84 Å². The zero-order valence-electron chi connectivity index (χ0n) is 11.9. The molecule has 2 aromatic rings. The number of benzene rings is 2. The van der Waals surface area contributed by atoms with Crippen LogP contribution in [0.3, 0.4) is 0 Å². The summed E-state index contributed by atoms with van der Waals surface area (Å²) < 4.78 is 5.38. The summed E-state index contributed by atoms with van der Waals surface area (Å²) in [4.78, 5) is 13.3. The summed E-state index contributed by atoms with van der Waals surface area (Å²) in [6.07, 6.45) is 0. The van der Waals surface area contributed by atoms with E-state index in [0.717, 1.165) is 36.5 Å². The number of carbonyl (C=O) groups is 1. The molecule has 1 heterocycles. The molecule has 1 N–H and O–H groups in total. The number of methoxy groups -OCH3 is 1. The predicted octanol–water partition coefficient (Wildman–Crippen LogP) is 2.91. The molecule has 1 aliphatic rings. The van der Waals surface area contributed by atoms with Crippen molar-refractivity contribution >= 4 is 5.97 Å². The molecule has 0 aromatic heterocycles. The highest BCUT2D eigenvalue weighted by Crippen LogP contribution is 2.27. The van der Waals surface area contributed by atoms with Gasteiger partial charge in [0.05, 0.1) is 12.7 Å². The lowest BCUT2D eigenvalue weighted by molar-refractivity contribution is 0.0696. The number of hydrogen-bond donors (Lipinski definition) is 1. The van der Waals surface area contributed by atoms with E-state index in [1.807, 2.05) is 24.3 Å². The van der Waals surface area contributed by atoms with Crippen molar-refractivity contribution in [2.75, 3.05) is 7.11 Å². The smallest absolute Gasteiger partial charge is 0.335 e. The van der Waals surface area contributed by atoms with Crippen LogP contribution < -0.4 is 4.74 Å². The molecule has 0 fully saturated rings. The molecule has 0 atom stereocenters. The van der Waals surface area contributed by atoms with Gasteiger partial charge in [-0.3, -0.25) is 4.90 Å². The molecule has 108 valence electrons. The van der Waals surface area contributed by atoms with Crippen molar-refractivity contribution in [3.8, 4) is 5.75 Å². The zero-order valence-corrected chi connectivity index (χ0v) is 11.9. The van der Waals surface area contributed by atoms with E-state index < -0.39 is 5.97 Å².